The van der Waals surface area contributed by atoms with Crippen LogP contribution in [0.2, 0.25) is 0 Å². The Bertz CT molecular complexity index is 463. The van der Waals surface area contributed by atoms with E-state index in [1.807, 2.05) is 0 Å². The molecule has 0 atom stereocenters. The first-order valence-corrected chi connectivity index (χ1v) is 5.96. The molecule has 0 saturated heterocycles. The Labute approximate surface area is 110 Å². The molecule has 104 valence electrons. The maximum atomic E-state index is 13.5. The van der Waals surface area contributed by atoms with Gasteiger partial charge in [-0.25, -0.2) is 4.39 Å². The van der Waals surface area contributed by atoms with Gasteiger partial charge in [0, 0.05) is 19.5 Å². The van der Waals surface area contributed by atoms with Crippen LogP contribution in [0.25, 0.3) is 0 Å². The Morgan fingerprint density at radius 1 is 1.26 bits per heavy atom. The summed E-state index contributed by atoms with van der Waals surface area (Å²) in [5, 5.41) is 13.4. The molecule has 1 aromatic carbocycles. The molecular weight excluding hydrogens is 251 g/mol. The van der Waals surface area contributed by atoms with Crippen LogP contribution in [-0.4, -0.2) is 36.6 Å². The number of carbonyl (C=O) groups excluding carboxylic acids is 2. The van der Waals surface area contributed by atoms with Gasteiger partial charge in [0.2, 0.25) is 5.91 Å². The molecule has 19 heavy (non-hydrogen) atoms. The van der Waals surface area contributed by atoms with Gasteiger partial charge in [-0.2, -0.15) is 0 Å². The van der Waals surface area contributed by atoms with Crippen molar-refractivity contribution in [1.29, 1.82) is 0 Å². The van der Waals surface area contributed by atoms with E-state index in [2.05, 4.69) is 10.6 Å². The molecule has 0 heterocycles. The van der Waals surface area contributed by atoms with Gasteiger partial charge in [0.15, 0.2) is 0 Å². The van der Waals surface area contributed by atoms with Gasteiger partial charge in [0.25, 0.3) is 5.91 Å². The fourth-order valence-electron chi connectivity index (χ4n) is 1.47. The molecule has 1 rings (SSSR count). The van der Waals surface area contributed by atoms with E-state index < -0.39 is 11.7 Å². The van der Waals surface area contributed by atoms with E-state index in [4.69, 9.17) is 5.11 Å². The summed E-state index contributed by atoms with van der Waals surface area (Å²) in [6.07, 6.45) is 0.0826. The molecule has 0 unspecified atom stereocenters. The summed E-state index contributed by atoms with van der Waals surface area (Å²) in [7, 11) is 0. The number of rotatable bonds is 6. The molecule has 0 saturated carbocycles. The zero-order valence-corrected chi connectivity index (χ0v) is 10.7. The molecule has 0 bridgehead atoms. The summed E-state index contributed by atoms with van der Waals surface area (Å²) < 4.78 is 13.5. The van der Waals surface area contributed by atoms with E-state index in [1.165, 1.54) is 12.1 Å². The zero-order valence-electron chi connectivity index (χ0n) is 10.7. The predicted octanol–water partition coefficient (Wildman–Crippen LogP) is 0.363. The summed E-state index contributed by atoms with van der Waals surface area (Å²) in [5.41, 5.74) is 0.693. The predicted molar refractivity (Wildman–Crippen MR) is 68.2 cm³/mol. The Morgan fingerprint density at radius 2 is 2.00 bits per heavy atom. The van der Waals surface area contributed by atoms with E-state index in [-0.39, 0.29) is 37.6 Å². The second-order valence-corrected chi connectivity index (χ2v) is 4.06. The highest BCUT2D eigenvalue weighted by Crippen LogP contribution is 2.09. The monoisotopic (exact) mass is 268 g/mol. The van der Waals surface area contributed by atoms with Crippen LogP contribution in [0.3, 0.4) is 0 Å². The van der Waals surface area contributed by atoms with Gasteiger partial charge in [-0.3, -0.25) is 9.59 Å². The van der Waals surface area contributed by atoms with E-state index in [0.717, 1.165) is 5.56 Å². The average Bonchev–Trinajstić information content (AvgIpc) is 2.36. The fourth-order valence-corrected chi connectivity index (χ4v) is 1.47. The van der Waals surface area contributed by atoms with E-state index in [9.17, 15) is 14.0 Å². The highest BCUT2D eigenvalue weighted by Gasteiger charge is 2.11. The van der Waals surface area contributed by atoms with Crippen LogP contribution in [-0.2, 0) is 4.79 Å². The summed E-state index contributed by atoms with van der Waals surface area (Å²) >= 11 is 0. The van der Waals surface area contributed by atoms with Crippen LogP contribution in [0.1, 0.15) is 22.3 Å². The van der Waals surface area contributed by atoms with Gasteiger partial charge in [-0.05, 0) is 24.6 Å². The largest absolute Gasteiger partial charge is 0.395 e. The minimum absolute atomic E-state index is 0.0404. The van der Waals surface area contributed by atoms with Crippen LogP contribution < -0.4 is 10.6 Å². The van der Waals surface area contributed by atoms with Crippen molar-refractivity contribution in [3.8, 4) is 0 Å². The first-order chi connectivity index (χ1) is 9.04. The van der Waals surface area contributed by atoms with Crippen molar-refractivity contribution in [2.24, 2.45) is 0 Å². The summed E-state index contributed by atoms with van der Waals surface area (Å²) in [6, 6.07) is 4.33. The third-order valence-electron chi connectivity index (χ3n) is 2.44. The van der Waals surface area contributed by atoms with E-state index in [1.54, 1.807) is 13.0 Å². The SMILES string of the molecule is Cc1ccc(C(=O)NCCC(=O)NCCO)c(F)c1. The van der Waals surface area contributed by atoms with Crippen LogP contribution in [0.4, 0.5) is 4.39 Å². The molecule has 0 aliphatic rings. The Morgan fingerprint density at radius 3 is 2.63 bits per heavy atom. The number of aliphatic hydroxyl groups is 1. The molecule has 0 aliphatic carbocycles. The summed E-state index contributed by atoms with van der Waals surface area (Å²) in [4.78, 5) is 22.8. The van der Waals surface area contributed by atoms with Crippen molar-refractivity contribution in [1.82, 2.24) is 10.6 Å². The van der Waals surface area contributed by atoms with Gasteiger partial charge >= 0.3 is 0 Å². The van der Waals surface area contributed by atoms with Gasteiger partial charge in [-0.1, -0.05) is 6.07 Å². The molecule has 0 spiro atoms. The number of aliphatic hydroxyl groups excluding tert-OH is 1. The third-order valence-corrected chi connectivity index (χ3v) is 2.44. The lowest BCUT2D eigenvalue weighted by Crippen LogP contribution is -2.32. The number of amides is 2. The van der Waals surface area contributed by atoms with E-state index >= 15 is 0 Å². The van der Waals surface area contributed by atoms with Crippen molar-refractivity contribution >= 4 is 11.8 Å². The minimum Gasteiger partial charge on any atom is -0.395 e. The molecule has 2 amide bonds. The van der Waals surface area contributed by atoms with Crippen molar-refractivity contribution in [3.05, 3.63) is 35.1 Å². The number of nitrogens with one attached hydrogen (secondary N) is 2. The lowest BCUT2D eigenvalue weighted by molar-refractivity contribution is -0.121. The topological polar surface area (TPSA) is 78.4 Å². The molecule has 0 aromatic heterocycles. The number of aryl methyl sites for hydroxylation is 1. The molecule has 0 radical (unpaired) electrons. The highest BCUT2D eigenvalue weighted by atomic mass is 19.1. The number of hydrogen-bond acceptors (Lipinski definition) is 3. The molecule has 3 N–H and O–H groups in total. The van der Waals surface area contributed by atoms with Gasteiger partial charge in [0.1, 0.15) is 5.82 Å². The third kappa shape index (κ3) is 5.05. The zero-order chi connectivity index (χ0) is 14.3. The minimum atomic E-state index is -0.581. The average molecular weight is 268 g/mol. The van der Waals surface area contributed by atoms with E-state index in [0.29, 0.717) is 0 Å². The maximum absolute atomic E-state index is 13.5. The van der Waals surface area contributed by atoms with Gasteiger partial charge in [0.05, 0.1) is 12.2 Å². The number of hydrogen-bond donors (Lipinski definition) is 3. The van der Waals surface area contributed by atoms with Crippen LogP contribution >= 0.6 is 0 Å². The lowest BCUT2D eigenvalue weighted by atomic mass is 10.1. The first kappa shape index (κ1) is 15.1. The number of halogens is 1. The number of benzene rings is 1. The highest BCUT2D eigenvalue weighted by molar-refractivity contribution is 5.94. The molecule has 6 heteroatoms. The van der Waals surface area contributed by atoms with Crippen LogP contribution in [0.5, 0.6) is 0 Å². The van der Waals surface area contributed by atoms with Crippen LogP contribution in [0.15, 0.2) is 18.2 Å². The Kier molecular flexibility index (Phi) is 5.95. The Balaban J connectivity index is 2.41. The Hall–Kier alpha value is -1.95. The van der Waals surface area contributed by atoms with Crippen molar-refractivity contribution in [3.63, 3.8) is 0 Å². The second-order valence-electron chi connectivity index (χ2n) is 4.06. The van der Waals surface area contributed by atoms with Gasteiger partial charge < -0.3 is 15.7 Å². The summed E-state index contributed by atoms with van der Waals surface area (Å²) in [6.45, 7) is 1.89. The molecular formula is C13H17FN2O3. The molecule has 1 aromatic rings. The molecule has 0 fully saturated rings. The van der Waals surface area contributed by atoms with Crippen molar-refractivity contribution in [2.75, 3.05) is 19.7 Å². The summed E-state index contributed by atoms with van der Waals surface area (Å²) in [5.74, 6) is -1.41. The first-order valence-electron chi connectivity index (χ1n) is 5.96. The van der Waals surface area contributed by atoms with Crippen molar-refractivity contribution < 1.29 is 19.1 Å². The van der Waals surface area contributed by atoms with Gasteiger partial charge in [-0.15, -0.1) is 0 Å². The maximum Gasteiger partial charge on any atom is 0.254 e. The van der Waals surface area contributed by atoms with Crippen molar-refractivity contribution in [2.45, 2.75) is 13.3 Å². The number of carbonyl (C=O) groups is 2. The smallest absolute Gasteiger partial charge is 0.254 e. The standard InChI is InChI=1S/C13H17FN2O3/c1-9-2-3-10(11(14)8-9)13(19)16-5-4-12(18)15-6-7-17/h2-3,8,17H,4-7H2,1H3,(H,15,18)(H,16,19). The molecule has 5 nitrogen and oxygen atoms in total. The normalized spacial score (nSPS) is 10.1. The fraction of sp³-hybridized carbons (Fsp3) is 0.385. The lowest BCUT2D eigenvalue weighted by Gasteiger charge is -2.07. The quantitative estimate of drug-likeness (QED) is 0.697. The van der Waals surface area contributed by atoms with Crippen LogP contribution in [0, 0.1) is 12.7 Å². The second kappa shape index (κ2) is 7.48. The molecule has 0 aliphatic heterocycles.